The van der Waals surface area contributed by atoms with Crippen molar-refractivity contribution >= 4 is 32.9 Å². The molecule has 0 radical (unpaired) electrons. The number of hydrogen-bond donors (Lipinski definition) is 0. The van der Waals surface area contributed by atoms with Crippen LogP contribution in [-0.2, 0) is 0 Å². The van der Waals surface area contributed by atoms with E-state index < -0.39 is 0 Å². The highest BCUT2D eigenvalue weighted by atomic mass is 16.3. The quantitative estimate of drug-likeness (QED) is 0.175. The Labute approximate surface area is 308 Å². The van der Waals surface area contributed by atoms with Crippen LogP contribution in [0.3, 0.4) is 0 Å². The van der Waals surface area contributed by atoms with Crippen LogP contribution >= 0.6 is 0 Å². The predicted molar refractivity (Wildman–Crippen MR) is 220 cm³/mol. The fraction of sp³-hybridized carbons (Fsp3) is 0.0200. The molecule has 0 amide bonds. The lowest BCUT2D eigenvalue weighted by Crippen LogP contribution is -1.94. The highest BCUT2D eigenvalue weighted by Crippen LogP contribution is 2.40. The third-order valence-electron chi connectivity index (χ3n) is 10.4. The Hall–Kier alpha value is -6.97. The van der Waals surface area contributed by atoms with E-state index in [9.17, 15) is 0 Å². The van der Waals surface area contributed by atoms with Crippen molar-refractivity contribution in [3.8, 4) is 61.6 Å². The van der Waals surface area contributed by atoms with Crippen LogP contribution in [0.1, 0.15) is 5.56 Å². The van der Waals surface area contributed by atoms with Gasteiger partial charge >= 0.3 is 0 Å². The van der Waals surface area contributed by atoms with Gasteiger partial charge in [0, 0.05) is 22.0 Å². The van der Waals surface area contributed by atoms with E-state index in [2.05, 4.69) is 193 Å². The summed E-state index contributed by atoms with van der Waals surface area (Å²) in [5.41, 5.74) is 16.8. The van der Waals surface area contributed by atoms with E-state index in [4.69, 9.17) is 9.40 Å². The van der Waals surface area contributed by atoms with Gasteiger partial charge < -0.3 is 8.98 Å². The van der Waals surface area contributed by atoms with Crippen molar-refractivity contribution in [2.24, 2.45) is 0 Å². The fourth-order valence-electron chi connectivity index (χ4n) is 7.70. The van der Waals surface area contributed by atoms with Gasteiger partial charge in [0.15, 0.2) is 5.58 Å². The van der Waals surface area contributed by atoms with Crippen molar-refractivity contribution in [1.82, 2.24) is 9.55 Å². The summed E-state index contributed by atoms with van der Waals surface area (Å²) in [4.78, 5) is 4.88. The zero-order valence-electron chi connectivity index (χ0n) is 29.2. The van der Waals surface area contributed by atoms with Crippen LogP contribution in [0.25, 0.3) is 94.6 Å². The zero-order chi connectivity index (χ0) is 35.3. The molecule has 0 spiro atoms. The number of nitrogens with zero attached hydrogens (tertiary/aromatic N) is 2. The third kappa shape index (κ3) is 5.42. The molecule has 8 aromatic carbocycles. The molecule has 250 valence electrons. The highest BCUT2D eigenvalue weighted by Gasteiger charge is 2.16. The van der Waals surface area contributed by atoms with E-state index in [-0.39, 0.29) is 0 Å². The highest BCUT2D eigenvalue weighted by molar-refractivity contribution is 6.09. The van der Waals surface area contributed by atoms with Crippen LogP contribution in [0.2, 0.25) is 0 Å². The van der Waals surface area contributed by atoms with Crippen molar-refractivity contribution in [3.05, 3.63) is 194 Å². The van der Waals surface area contributed by atoms with Gasteiger partial charge in [-0.1, -0.05) is 145 Å². The minimum Gasteiger partial charge on any atom is -0.436 e. The van der Waals surface area contributed by atoms with Crippen molar-refractivity contribution in [1.29, 1.82) is 0 Å². The lowest BCUT2D eigenvalue weighted by Gasteiger charge is -2.15. The maximum atomic E-state index is 6.23. The first-order valence-electron chi connectivity index (χ1n) is 18.0. The molecule has 0 saturated carbocycles. The molecule has 2 aromatic heterocycles. The van der Waals surface area contributed by atoms with Gasteiger partial charge in [0.2, 0.25) is 5.89 Å². The average Bonchev–Trinajstić information content (AvgIpc) is 3.81. The lowest BCUT2D eigenvalue weighted by atomic mass is 9.89. The van der Waals surface area contributed by atoms with E-state index in [1.54, 1.807) is 0 Å². The van der Waals surface area contributed by atoms with E-state index in [0.717, 1.165) is 33.5 Å². The second-order valence-electron chi connectivity index (χ2n) is 13.7. The van der Waals surface area contributed by atoms with Gasteiger partial charge in [-0.05, 0) is 100.0 Å². The Morgan fingerprint density at radius 1 is 0.415 bits per heavy atom. The van der Waals surface area contributed by atoms with E-state index >= 15 is 0 Å². The predicted octanol–water partition coefficient (Wildman–Crippen LogP) is 13.6. The molecule has 0 aliphatic rings. The molecule has 0 aliphatic heterocycles. The molecule has 0 unspecified atom stereocenters. The van der Waals surface area contributed by atoms with Crippen molar-refractivity contribution in [2.75, 3.05) is 0 Å². The van der Waals surface area contributed by atoms with Gasteiger partial charge in [-0.3, -0.25) is 0 Å². The largest absolute Gasteiger partial charge is 0.436 e. The minimum absolute atomic E-state index is 0.621. The number of aryl methyl sites for hydroxylation is 1. The number of hydrogen-bond acceptors (Lipinski definition) is 2. The Morgan fingerprint density at radius 3 is 1.49 bits per heavy atom. The molecule has 3 heteroatoms. The maximum absolute atomic E-state index is 6.23. The van der Waals surface area contributed by atoms with E-state index in [1.807, 2.05) is 6.07 Å². The fourth-order valence-corrected chi connectivity index (χ4v) is 7.70. The number of rotatable bonds is 6. The SMILES string of the molecule is Cc1ccc(-c2ccc3oc(-c4ccc(-c5ccccc5-c5ccccc5-c5ccc(-n6c7ccccc7c7ccccc76)cc5)cc4)nc3c2)cc1. The second kappa shape index (κ2) is 12.7. The number of para-hydroxylation sites is 2. The molecule has 53 heavy (non-hydrogen) atoms. The van der Waals surface area contributed by atoms with Crippen LogP contribution in [0, 0.1) is 6.92 Å². The summed E-state index contributed by atoms with van der Waals surface area (Å²) in [6.07, 6.45) is 0. The minimum atomic E-state index is 0.621. The molecule has 0 aliphatic carbocycles. The van der Waals surface area contributed by atoms with Gasteiger partial charge in [0.1, 0.15) is 5.52 Å². The molecule has 10 aromatic rings. The standard InChI is InChI=1S/C50H34N2O/c1-33-18-20-34(21-19-33)38-28-31-49-46(32-38)51-50(53-49)37-24-22-35(23-25-37)40-10-2-4-12-42(40)43-13-5-3-11-41(43)36-26-29-39(30-27-36)52-47-16-8-6-14-44(47)45-15-7-9-17-48(45)52/h2-32H,1H3. The first-order chi connectivity index (χ1) is 26.2. The molecule has 3 nitrogen and oxygen atoms in total. The number of oxazole rings is 1. The number of aromatic nitrogens is 2. The smallest absolute Gasteiger partial charge is 0.227 e. The van der Waals surface area contributed by atoms with Crippen molar-refractivity contribution < 1.29 is 4.42 Å². The summed E-state index contributed by atoms with van der Waals surface area (Å²) in [6, 6.07) is 67.0. The summed E-state index contributed by atoms with van der Waals surface area (Å²) in [5.74, 6) is 0.621. The van der Waals surface area contributed by atoms with Crippen LogP contribution < -0.4 is 0 Å². The maximum Gasteiger partial charge on any atom is 0.227 e. The van der Waals surface area contributed by atoms with Crippen LogP contribution in [0.5, 0.6) is 0 Å². The summed E-state index contributed by atoms with van der Waals surface area (Å²) < 4.78 is 8.59. The monoisotopic (exact) mass is 678 g/mol. The topological polar surface area (TPSA) is 31.0 Å². The van der Waals surface area contributed by atoms with Crippen LogP contribution in [-0.4, -0.2) is 9.55 Å². The average molecular weight is 679 g/mol. The summed E-state index contributed by atoms with van der Waals surface area (Å²) in [7, 11) is 0. The van der Waals surface area contributed by atoms with Gasteiger partial charge in [-0.2, -0.15) is 0 Å². The molecular formula is C50H34N2O. The summed E-state index contributed by atoms with van der Waals surface area (Å²) >= 11 is 0. The van der Waals surface area contributed by atoms with Gasteiger partial charge in [0.05, 0.1) is 11.0 Å². The zero-order valence-corrected chi connectivity index (χ0v) is 29.2. The number of benzene rings is 8. The molecule has 2 heterocycles. The lowest BCUT2D eigenvalue weighted by molar-refractivity contribution is 0.620. The Morgan fingerprint density at radius 2 is 0.887 bits per heavy atom. The molecule has 10 rings (SSSR count). The molecule has 0 N–H and O–H groups in total. The Balaban J connectivity index is 0.976. The Kier molecular flexibility index (Phi) is 7.36. The van der Waals surface area contributed by atoms with Crippen LogP contribution in [0.4, 0.5) is 0 Å². The van der Waals surface area contributed by atoms with Gasteiger partial charge in [0.25, 0.3) is 0 Å². The van der Waals surface area contributed by atoms with Gasteiger partial charge in [-0.15, -0.1) is 0 Å². The van der Waals surface area contributed by atoms with Crippen LogP contribution in [0.15, 0.2) is 192 Å². The molecule has 0 fully saturated rings. The first-order valence-corrected chi connectivity index (χ1v) is 18.0. The van der Waals surface area contributed by atoms with E-state index in [0.29, 0.717) is 5.89 Å². The summed E-state index contributed by atoms with van der Waals surface area (Å²) in [5, 5.41) is 2.53. The van der Waals surface area contributed by atoms with Crippen molar-refractivity contribution in [3.63, 3.8) is 0 Å². The van der Waals surface area contributed by atoms with E-state index in [1.165, 1.54) is 60.8 Å². The molecule has 0 saturated heterocycles. The third-order valence-corrected chi connectivity index (χ3v) is 10.4. The molecule has 0 bridgehead atoms. The first kappa shape index (κ1) is 30.8. The molecular weight excluding hydrogens is 645 g/mol. The normalized spacial score (nSPS) is 11.5. The molecule has 0 atom stereocenters. The summed E-state index contributed by atoms with van der Waals surface area (Å²) in [6.45, 7) is 2.10. The second-order valence-corrected chi connectivity index (χ2v) is 13.7. The van der Waals surface area contributed by atoms with Gasteiger partial charge in [-0.25, -0.2) is 4.98 Å². The number of fused-ring (bicyclic) bond motifs is 4. The van der Waals surface area contributed by atoms with Crippen molar-refractivity contribution in [2.45, 2.75) is 6.92 Å². The Bertz CT molecular complexity index is 2880.